The number of fused-ring (bicyclic) bond motifs is 3. The van der Waals surface area contributed by atoms with Crippen LogP contribution in [0, 0.1) is 0 Å². The second kappa shape index (κ2) is 11.3. The molecule has 1 saturated heterocycles. The molecule has 1 fully saturated rings. The molecule has 8 rings (SSSR count). The minimum atomic E-state index is -0.516. The van der Waals surface area contributed by atoms with Crippen LogP contribution in [0.5, 0.6) is 0 Å². The molecule has 230 valence electrons. The fourth-order valence-corrected chi connectivity index (χ4v) is 6.59. The standard InChI is InChI=1S/C42H36BNO3/c1-41(2)42(3,4)47-43(46-41)37-24-14-11-22-33(37)35-27-29(28-36-34-23-13-16-26-39(34)45-40(35)36)32-21-12-15-25-38(32)44(30-17-7-5-8-18-30)31-19-9-6-10-20-31/h5-28H,1-4H3. The largest absolute Gasteiger partial charge is 0.495 e. The van der Waals surface area contributed by atoms with Gasteiger partial charge < -0.3 is 18.6 Å². The molecule has 0 amide bonds. The number of anilines is 3. The van der Waals surface area contributed by atoms with Crippen molar-refractivity contribution in [3.05, 3.63) is 146 Å². The first-order chi connectivity index (χ1) is 22.8. The third kappa shape index (κ3) is 5.03. The Morgan fingerprint density at radius 3 is 1.74 bits per heavy atom. The fraction of sp³-hybridized carbons (Fsp3) is 0.143. The summed E-state index contributed by atoms with van der Waals surface area (Å²) in [6.45, 7) is 8.37. The molecule has 6 aromatic carbocycles. The summed E-state index contributed by atoms with van der Waals surface area (Å²) in [5.41, 5.74) is 9.26. The summed E-state index contributed by atoms with van der Waals surface area (Å²) in [6, 6.07) is 50.9. The summed E-state index contributed by atoms with van der Waals surface area (Å²) in [7, 11) is -0.516. The maximum absolute atomic E-state index is 6.65. The lowest BCUT2D eigenvalue weighted by Crippen LogP contribution is -2.41. The molecule has 4 nitrogen and oxygen atoms in total. The van der Waals surface area contributed by atoms with Gasteiger partial charge >= 0.3 is 7.12 Å². The maximum atomic E-state index is 6.65. The molecule has 0 bridgehead atoms. The van der Waals surface area contributed by atoms with Crippen molar-refractivity contribution in [2.45, 2.75) is 38.9 Å². The number of furan rings is 1. The van der Waals surface area contributed by atoms with Crippen LogP contribution in [-0.2, 0) is 9.31 Å². The van der Waals surface area contributed by atoms with Gasteiger partial charge in [0.1, 0.15) is 11.2 Å². The number of rotatable bonds is 6. The molecule has 5 heteroatoms. The van der Waals surface area contributed by atoms with Crippen molar-refractivity contribution in [3.8, 4) is 22.3 Å². The second-order valence-electron chi connectivity index (χ2n) is 13.2. The van der Waals surface area contributed by atoms with Crippen molar-refractivity contribution >= 4 is 51.6 Å². The smallest absolute Gasteiger partial charge is 0.455 e. The molecule has 7 aromatic rings. The Hall–Kier alpha value is -5.10. The Balaban J connectivity index is 1.38. The number of para-hydroxylation sites is 4. The van der Waals surface area contributed by atoms with Crippen LogP contribution in [0.3, 0.4) is 0 Å². The van der Waals surface area contributed by atoms with E-state index in [2.05, 4.69) is 166 Å². The van der Waals surface area contributed by atoms with E-state index in [1.165, 1.54) is 0 Å². The highest BCUT2D eigenvalue weighted by atomic mass is 16.7. The van der Waals surface area contributed by atoms with Crippen molar-refractivity contribution in [1.82, 2.24) is 0 Å². The minimum absolute atomic E-state index is 0.460. The van der Waals surface area contributed by atoms with E-state index in [9.17, 15) is 0 Å². The highest BCUT2D eigenvalue weighted by molar-refractivity contribution is 6.64. The summed E-state index contributed by atoms with van der Waals surface area (Å²) < 4.78 is 19.8. The van der Waals surface area contributed by atoms with Crippen LogP contribution in [0.15, 0.2) is 150 Å². The Morgan fingerprint density at radius 1 is 0.511 bits per heavy atom. The lowest BCUT2D eigenvalue weighted by atomic mass is 9.74. The van der Waals surface area contributed by atoms with Gasteiger partial charge in [0, 0.05) is 33.3 Å². The van der Waals surface area contributed by atoms with Crippen LogP contribution in [0.1, 0.15) is 27.7 Å². The number of nitrogens with zero attached hydrogens (tertiary/aromatic N) is 1. The van der Waals surface area contributed by atoms with Gasteiger partial charge in [0.2, 0.25) is 0 Å². The molecule has 0 atom stereocenters. The van der Waals surface area contributed by atoms with E-state index in [0.29, 0.717) is 0 Å². The van der Waals surface area contributed by atoms with Crippen LogP contribution in [0.4, 0.5) is 17.1 Å². The first kappa shape index (κ1) is 29.3. The Labute approximate surface area is 276 Å². The van der Waals surface area contributed by atoms with Crippen LogP contribution < -0.4 is 10.4 Å². The molecule has 1 aliphatic heterocycles. The number of benzene rings is 6. The van der Waals surface area contributed by atoms with Crippen molar-refractivity contribution in [2.24, 2.45) is 0 Å². The van der Waals surface area contributed by atoms with Gasteiger partial charge in [0.15, 0.2) is 0 Å². The zero-order valence-electron chi connectivity index (χ0n) is 27.1. The normalized spacial score (nSPS) is 15.4. The number of hydrogen-bond donors (Lipinski definition) is 0. The second-order valence-corrected chi connectivity index (χ2v) is 13.2. The molecule has 0 spiro atoms. The molecule has 2 heterocycles. The molecule has 0 unspecified atom stereocenters. The van der Waals surface area contributed by atoms with Crippen molar-refractivity contribution in [2.75, 3.05) is 4.90 Å². The summed E-state index contributed by atoms with van der Waals surface area (Å²) in [5.74, 6) is 0. The zero-order valence-corrected chi connectivity index (χ0v) is 27.1. The molecule has 1 aliphatic rings. The minimum Gasteiger partial charge on any atom is -0.455 e. The monoisotopic (exact) mass is 613 g/mol. The van der Waals surface area contributed by atoms with Gasteiger partial charge in [-0.25, -0.2) is 0 Å². The Bertz CT molecular complexity index is 2170. The molecule has 0 aliphatic carbocycles. The van der Waals surface area contributed by atoms with E-state index in [1.807, 2.05) is 12.1 Å². The van der Waals surface area contributed by atoms with Crippen LogP contribution >= 0.6 is 0 Å². The van der Waals surface area contributed by atoms with E-state index < -0.39 is 18.3 Å². The van der Waals surface area contributed by atoms with Gasteiger partial charge in [0.05, 0.1) is 16.9 Å². The molecule has 0 N–H and O–H groups in total. The highest BCUT2D eigenvalue weighted by Gasteiger charge is 2.52. The molecule has 1 aromatic heterocycles. The van der Waals surface area contributed by atoms with Crippen molar-refractivity contribution < 1.29 is 13.7 Å². The lowest BCUT2D eigenvalue weighted by Gasteiger charge is -2.32. The Kier molecular flexibility index (Phi) is 7.05. The van der Waals surface area contributed by atoms with E-state index >= 15 is 0 Å². The van der Waals surface area contributed by atoms with Crippen molar-refractivity contribution in [1.29, 1.82) is 0 Å². The predicted molar refractivity (Wildman–Crippen MR) is 195 cm³/mol. The lowest BCUT2D eigenvalue weighted by molar-refractivity contribution is 0.00578. The summed E-state index contributed by atoms with van der Waals surface area (Å²) >= 11 is 0. The first-order valence-corrected chi connectivity index (χ1v) is 16.2. The van der Waals surface area contributed by atoms with E-state index in [1.54, 1.807) is 0 Å². The highest BCUT2D eigenvalue weighted by Crippen LogP contribution is 2.45. The van der Waals surface area contributed by atoms with E-state index in [4.69, 9.17) is 13.7 Å². The third-order valence-corrected chi connectivity index (χ3v) is 9.72. The molecular formula is C42H36BNO3. The maximum Gasteiger partial charge on any atom is 0.495 e. The fourth-order valence-electron chi connectivity index (χ4n) is 6.59. The first-order valence-electron chi connectivity index (χ1n) is 16.2. The third-order valence-electron chi connectivity index (χ3n) is 9.72. The van der Waals surface area contributed by atoms with Crippen LogP contribution in [0.25, 0.3) is 44.2 Å². The van der Waals surface area contributed by atoms with Gasteiger partial charge in [-0.05, 0) is 92.8 Å². The zero-order chi connectivity index (χ0) is 32.2. The van der Waals surface area contributed by atoms with Gasteiger partial charge in [0.25, 0.3) is 0 Å². The van der Waals surface area contributed by atoms with Crippen LogP contribution in [-0.4, -0.2) is 18.3 Å². The average molecular weight is 614 g/mol. The molecule has 0 saturated carbocycles. The van der Waals surface area contributed by atoms with Gasteiger partial charge in [-0.3, -0.25) is 0 Å². The molecular weight excluding hydrogens is 577 g/mol. The van der Waals surface area contributed by atoms with E-state index in [0.717, 1.165) is 66.7 Å². The summed E-state index contributed by atoms with van der Waals surface area (Å²) in [5, 5.41) is 2.15. The SMILES string of the molecule is CC1(C)OB(c2ccccc2-c2cc(-c3ccccc3N(c3ccccc3)c3ccccc3)cc3c2oc2ccccc23)OC1(C)C. The Morgan fingerprint density at radius 2 is 1.06 bits per heavy atom. The summed E-state index contributed by atoms with van der Waals surface area (Å²) in [6.07, 6.45) is 0. The molecule has 47 heavy (non-hydrogen) atoms. The van der Waals surface area contributed by atoms with E-state index in [-0.39, 0.29) is 0 Å². The van der Waals surface area contributed by atoms with Crippen LogP contribution in [0.2, 0.25) is 0 Å². The topological polar surface area (TPSA) is 34.8 Å². The average Bonchev–Trinajstić information content (AvgIpc) is 3.58. The predicted octanol–water partition coefficient (Wildman–Crippen LogP) is 10.7. The molecule has 0 radical (unpaired) electrons. The number of hydrogen-bond acceptors (Lipinski definition) is 4. The van der Waals surface area contributed by atoms with Gasteiger partial charge in [-0.1, -0.05) is 97.1 Å². The quantitative estimate of drug-likeness (QED) is 0.175. The van der Waals surface area contributed by atoms with Crippen molar-refractivity contribution in [3.63, 3.8) is 0 Å². The van der Waals surface area contributed by atoms with Gasteiger partial charge in [-0.15, -0.1) is 0 Å². The van der Waals surface area contributed by atoms with Gasteiger partial charge in [-0.2, -0.15) is 0 Å². The summed E-state index contributed by atoms with van der Waals surface area (Å²) in [4.78, 5) is 2.32.